The Morgan fingerprint density at radius 2 is 1.86 bits per heavy atom. The lowest BCUT2D eigenvalue weighted by atomic mass is 9.80. The number of benzene rings is 2. The van der Waals surface area contributed by atoms with Crippen molar-refractivity contribution < 1.29 is 58.9 Å². The minimum Gasteiger partial charge on any atom is -0.486 e. The fourth-order valence-electron chi connectivity index (χ4n) is 4.68. The van der Waals surface area contributed by atoms with E-state index < -0.39 is 68.9 Å². The highest BCUT2D eigenvalue weighted by atomic mass is 32.2. The summed E-state index contributed by atoms with van der Waals surface area (Å²) in [6.07, 6.45) is -4.95. The van der Waals surface area contributed by atoms with E-state index in [2.05, 4.69) is 9.72 Å². The van der Waals surface area contributed by atoms with Crippen LogP contribution in [0.15, 0.2) is 59.8 Å². The Labute approximate surface area is 234 Å². The van der Waals surface area contributed by atoms with Gasteiger partial charge in [-0.15, -0.1) is 0 Å². The van der Waals surface area contributed by atoms with Crippen molar-refractivity contribution in [1.29, 1.82) is 0 Å². The van der Waals surface area contributed by atoms with Gasteiger partial charge in [-0.05, 0) is 41.5 Å². The van der Waals surface area contributed by atoms with Gasteiger partial charge in [-0.1, -0.05) is 6.07 Å². The zero-order chi connectivity index (χ0) is 30.4. The highest BCUT2D eigenvalue weighted by Gasteiger charge is 2.50. The van der Waals surface area contributed by atoms with Gasteiger partial charge in [0.25, 0.3) is 10.0 Å². The quantitative estimate of drug-likeness (QED) is 0.353. The second-order valence-electron chi connectivity index (χ2n) is 9.70. The average molecular weight is 619 g/mol. The van der Waals surface area contributed by atoms with Gasteiger partial charge in [0.15, 0.2) is 0 Å². The predicted octanol–water partition coefficient (Wildman–Crippen LogP) is 4.96. The lowest BCUT2D eigenvalue weighted by molar-refractivity contribution is -0.184. The number of carbonyl (C=O) groups is 1. The molecule has 1 saturated heterocycles. The van der Waals surface area contributed by atoms with Crippen LogP contribution in [0.25, 0.3) is 11.1 Å². The van der Waals surface area contributed by atoms with Gasteiger partial charge in [-0.25, -0.2) is 12.8 Å². The van der Waals surface area contributed by atoms with Gasteiger partial charge in [-0.2, -0.15) is 22.0 Å². The normalized spacial score (nSPS) is 18.2. The minimum absolute atomic E-state index is 0.0186. The van der Waals surface area contributed by atoms with Crippen molar-refractivity contribution in [3.8, 4) is 22.6 Å². The Balaban J connectivity index is 1.60. The van der Waals surface area contributed by atoms with Crippen LogP contribution in [0.3, 0.4) is 0 Å². The SMILES string of the molecule is O=C(O)C1(C[C@H]2CN(S(=O)(=O)c3cncc(C(F)(F)F)c3)c3cc(-c4cc(F)cc(OC(F)F)c4)ccc3O2)COC1. The molecular formula is C26H20F6N2O7S. The topological polar surface area (TPSA) is 115 Å². The molecule has 0 spiro atoms. The number of carboxylic acid groups (broad SMARTS) is 1. The number of alkyl halides is 5. The lowest BCUT2D eigenvalue weighted by Gasteiger charge is -2.42. The maximum atomic E-state index is 14.2. The van der Waals surface area contributed by atoms with Crippen molar-refractivity contribution >= 4 is 21.7 Å². The molecule has 3 aromatic rings. The van der Waals surface area contributed by atoms with Gasteiger partial charge >= 0.3 is 18.8 Å². The Kier molecular flexibility index (Phi) is 7.47. The fraction of sp³-hybridized carbons (Fsp3) is 0.308. The highest BCUT2D eigenvalue weighted by molar-refractivity contribution is 7.92. The number of hydrogen-bond acceptors (Lipinski definition) is 7. The van der Waals surface area contributed by atoms with Crippen LogP contribution in [0, 0.1) is 11.2 Å². The second kappa shape index (κ2) is 10.7. The highest BCUT2D eigenvalue weighted by Crippen LogP contribution is 2.44. The molecule has 2 aliphatic heterocycles. The van der Waals surface area contributed by atoms with Gasteiger partial charge in [-0.3, -0.25) is 14.1 Å². The van der Waals surface area contributed by atoms with Crippen LogP contribution in [0.1, 0.15) is 12.0 Å². The number of hydrogen-bond donors (Lipinski definition) is 1. The molecule has 2 aromatic carbocycles. The Morgan fingerprint density at radius 3 is 2.48 bits per heavy atom. The van der Waals surface area contributed by atoms with Crippen LogP contribution in [0.5, 0.6) is 11.5 Å². The van der Waals surface area contributed by atoms with Crippen LogP contribution in [0.4, 0.5) is 32.0 Å². The summed E-state index contributed by atoms with van der Waals surface area (Å²) in [6.45, 7) is -4.06. The van der Waals surface area contributed by atoms with Crippen LogP contribution in [-0.4, -0.2) is 57.0 Å². The number of nitrogens with zero attached hydrogens (tertiary/aromatic N) is 2. The molecule has 16 heteroatoms. The largest absolute Gasteiger partial charge is 0.486 e. The molecule has 0 bridgehead atoms. The van der Waals surface area contributed by atoms with Gasteiger partial charge in [0.05, 0.1) is 31.0 Å². The van der Waals surface area contributed by atoms with Crippen molar-refractivity contribution in [3.05, 3.63) is 66.2 Å². The number of halogens is 6. The number of aromatic nitrogens is 1. The van der Waals surface area contributed by atoms with E-state index in [9.17, 15) is 44.7 Å². The zero-order valence-corrected chi connectivity index (χ0v) is 22.0. The van der Waals surface area contributed by atoms with E-state index in [4.69, 9.17) is 9.47 Å². The van der Waals surface area contributed by atoms with Crippen LogP contribution >= 0.6 is 0 Å². The first kappa shape index (κ1) is 29.4. The van der Waals surface area contributed by atoms with Crippen LogP contribution in [-0.2, 0) is 25.7 Å². The predicted molar refractivity (Wildman–Crippen MR) is 132 cm³/mol. The molecule has 5 rings (SSSR count). The van der Waals surface area contributed by atoms with Crippen LogP contribution in [0.2, 0.25) is 0 Å². The molecule has 9 nitrogen and oxygen atoms in total. The van der Waals surface area contributed by atoms with Crippen molar-refractivity contribution in [2.24, 2.45) is 5.41 Å². The van der Waals surface area contributed by atoms with Gasteiger partial charge in [0.1, 0.15) is 33.7 Å². The summed E-state index contributed by atoms with van der Waals surface area (Å²) in [5, 5.41) is 9.71. The van der Waals surface area contributed by atoms with Gasteiger partial charge < -0.3 is 19.3 Å². The summed E-state index contributed by atoms with van der Waals surface area (Å²) in [5.74, 6) is -2.70. The molecule has 0 amide bonds. The number of aliphatic carboxylic acids is 1. The van der Waals surface area contributed by atoms with E-state index >= 15 is 0 Å². The molecule has 1 atom stereocenters. The molecule has 0 aliphatic carbocycles. The Hall–Kier alpha value is -4.05. The third-order valence-corrected chi connectivity index (χ3v) is 8.52. The Morgan fingerprint density at radius 1 is 1.12 bits per heavy atom. The summed E-state index contributed by atoms with van der Waals surface area (Å²) in [6, 6.07) is 7.11. The third-order valence-electron chi connectivity index (χ3n) is 6.78. The first-order chi connectivity index (χ1) is 19.7. The van der Waals surface area contributed by atoms with Crippen molar-refractivity contribution in [2.45, 2.75) is 30.2 Å². The first-order valence-corrected chi connectivity index (χ1v) is 13.5. The van der Waals surface area contributed by atoms with E-state index in [-0.39, 0.29) is 42.2 Å². The van der Waals surface area contributed by atoms with Crippen molar-refractivity contribution in [3.63, 3.8) is 0 Å². The third kappa shape index (κ3) is 5.68. The van der Waals surface area contributed by atoms with E-state index in [1.54, 1.807) is 0 Å². The van der Waals surface area contributed by atoms with E-state index in [1.807, 2.05) is 0 Å². The maximum absolute atomic E-state index is 14.2. The zero-order valence-electron chi connectivity index (χ0n) is 21.1. The number of fused-ring (bicyclic) bond motifs is 1. The standard InChI is InChI=1S/C26H20F6N2O7S/c27-17-3-15(4-18(7-17)41-24(28)29)14-1-2-22-21(5-14)34(11-19(40-22)8-25(23(35)36)12-39-13-25)42(37,38)20-6-16(9-33-10-20)26(30,31)32/h1-7,9-10,19,24H,8,11-13H2,(H,35,36)/t19-/m0/s1. The number of anilines is 1. The van der Waals surface area contributed by atoms with Crippen molar-refractivity contribution in [1.82, 2.24) is 4.98 Å². The lowest BCUT2D eigenvalue weighted by Crippen LogP contribution is -2.54. The number of carboxylic acids is 1. The monoisotopic (exact) mass is 618 g/mol. The second-order valence-corrected chi connectivity index (χ2v) is 11.6. The molecule has 0 radical (unpaired) electrons. The maximum Gasteiger partial charge on any atom is 0.417 e. The first-order valence-electron chi connectivity index (χ1n) is 12.1. The van der Waals surface area contributed by atoms with Gasteiger partial charge in [0.2, 0.25) is 0 Å². The van der Waals surface area contributed by atoms with E-state index in [0.717, 1.165) is 28.7 Å². The molecule has 3 heterocycles. The average Bonchev–Trinajstić information content (AvgIpc) is 2.88. The molecule has 1 fully saturated rings. The molecule has 0 saturated carbocycles. The molecule has 0 unspecified atom stereocenters. The Bertz CT molecular complexity index is 1630. The summed E-state index contributed by atoms with van der Waals surface area (Å²) in [7, 11) is -4.77. The number of ether oxygens (including phenoxy) is 3. The van der Waals surface area contributed by atoms with Crippen LogP contribution < -0.4 is 13.8 Å². The summed E-state index contributed by atoms with van der Waals surface area (Å²) in [5.41, 5.74) is -2.70. The number of pyridine rings is 1. The van der Waals surface area contributed by atoms with E-state index in [0.29, 0.717) is 12.3 Å². The summed E-state index contributed by atoms with van der Waals surface area (Å²) in [4.78, 5) is 14.5. The smallest absolute Gasteiger partial charge is 0.417 e. The fourth-order valence-corrected chi connectivity index (χ4v) is 6.17. The van der Waals surface area contributed by atoms with Crippen molar-refractivity contribution in [2.75, 3.05) is 24.1 Å². The molecule has 42 heavy (non-hydrogen) atoms. The summed E-state index contributed by atoms with van der Waals surface area (Å²) < 4.78 is 123. The molecule has 2 aliphatic rings. The number of sulfonamides is 1. The molecule has 1 N–H and O–H groups in total. The number of rotatable bonds is 8. The summed E-state index contributed by atoms with van der Waals surface area (Å²) >= 11 is 0. The molecule has 224 valence electrons. The molecular weight excluding hydrogens is 598 g/mol. The molecule has 1 aromatic heterocycles. The minimum atomic E-state index is -4.90. The van der Waals surface area contributed by atoms with Gasteiger partial charge in [0, 0.05) is 24.9 Å². The van der Waals surface area contributed by atoms with E-state index in [1.165, 1.54) is 18.2 Å².